The summed E-state index contributed by atoms with van der Waals surface area (Å²) in [5.41, 5.74) is 0. The highest BCUT2D eigenvalue weighted by Crippen LogP contribution is 1.95. The molecule has 0 aromatic rings. The van der Waals surface area contributed by atoms with Gasteiger partial charge >= 0.3 is 0 Å². The molecule has 1 rings (SSSR count). The number of hydrogen-bond acceptors (Lipinski definition) is 0. The van der Waals surface area contributed by atoms with Crippen molar-refractivity contribution in [2.24, 2.45) is 0 Å². The zero-order valence-corrected chi connectivity index (χ0v) is 46.9. The molecule has 0 radical (unpaired) electrons. The second-order valence-electron chi connectivity index (χ2n) is 15.7. The number of hydrogen-bond donors (Lipinski definition) is 0. The van der Waals surface area contributed by atoms with Crippen LogP contribution in [0.2, 0.25) is 0 Å². The Balaban J connectivity index is 2.66. The lowest BCUT2D eigenvalue weighted by molar-refractivity contribution is 1.39. The summed E-state index contributed by atoms with van der Waals surface area (Å²) in [6.45, 7) is 0. The Kier molecular flexibility index (Phi) is 55.7. The molecule has 0 aromatic carbocycles. The molecule has 1 aliphatic carbocycles. The Hall–Kier alpha value is -10.4. The van der Waals surface area contributed by atoms with Crippen LogP contribution >= 0.6 is 0 Å². The Bertz CT molecular complexity index is 2720. The third kappa shape index (κ3) is 63.8. The highest BCUT2D eigenvalue weighted by atomic mass is 13.8. The standard InChI is InChI=1S/C81H82/c1-2-4-6-8-10-12-14-16-18-20-22-24-26-28-30-32-34-36-38-40-42-44-46-48-50-52-54-56-58-60-62-64-66-68-70-72-74-76-78-80-81-79-77-75-73-71-69-67-65-63-61-59-57-55-53-51-49-47-45-43-41-39-37-35-33-31-29-27-25-23-21-19-17-15-13-11-9-7-5-3-1/h1-80H,81H2. The quantitative estimate of drug-likeness (QED) is 0.227. The molecule has 0 unspecified atom stereocenters. The molecule has 0 fully saturated rings. The molecular formula is C81H82. The van der Waals surface area contributed by atoms with Crippen LogP contribution in [0.15, 0.2) is 486 Å². The SMILES string of the molecule is C1=CC=CC=CC=CC=CC=CC=CC=CC=CC=CC=CC=CC=CC=CC=CC=CC=CC=CC=CC=CCC=CC=CC=CC=CC=CC=CC=CC=CC=CC=CC=CC=CC=CC=CC=CC=CC=CC=CC=CC=C1. The maximum absolute atomic E-state index is 2.12. The van der Waals surface area contributed by atoms with Crippen molar-refractivity contribution in [1.82, 2.24) is 0 Å². The van der Waals surface area contributed by atoms with Crippen molar-refractivity contribution in [1.29, 1.82) is 0 Å². The van der Waals surface area contributed by atoms with Crippen LogP contribution in [-0.2, 0) is 0 Å². The van der Waals surface area contributed by atoms with Gasteiger partial charge in [0.25, 0.3) is 0 Å². The summed E-state index contributed by atoms with van der Waals surface area (Å²) >= 11 is 0. The van der Waals surface area contributed by atoms with Crippen molar-refractivity contribution < 1.29 is 0 Å². The molecule has 0 spiro atoms. The van der Waals surface area contributed by atoms with Crippen molar-refractivity contribution in [3.8, 4) is 0 Å². The molecule has 406 valence electrons. The first-order valence-corrected chi connectivity index (χ1v) is 27.1. The van der Waals surface area contributed by atoms with Crippen molar-refractivity contribution in [3.05, 3.63) is 486 Å². The van der Waals surface area contributed by atoms with E-state index >= 15 is 0 Å². The monoisotopic (exact) mass is 1050 g/mol. The number of rotatable bonds is 0. The van der Waals surface area contributed by atoms with Gasteiger partial charge in [0.05, 0.1) is 0 Å². The first-order valence-electron chi connectivity index (χ1n) is 27.1. The minimum atomic E-state index is 0.879. The van der Waals surface area contributed by atoms with E-state index in [-0.39, 0.29) is 0 Å². The van der Waals surface area contributed by atoms with Gasteiger partial charge in [0.15, 0.2) is 0 Å². The zero-order valence-electron chi connectivity index (χ0n) is 46.9. The minimum Gasteiger partial charge on any atom is -0.0807 e. The van der Waals surface area contributed by atoms with Crippen LogP contribution in [0.3, 0.4) is 0 Å². The van der Waals surface area contributed by atoms with Crippen LogP contribution in [0.1, 0.15) is 6.42 Å². The molecule has 0 nitrogen and oxygen atoms in total. The first kappa shape index (κ1) is 68.6. The summed E-state index contributed by atoms with van der Waals surface area (Å²) < 4.78 is 0. The van der Waals surface area contributed by atoms with E-state index in [0.717, 1.165) is 6.42 Å². The van der Waals surface area contributed by atoms with Gasteiger partial charge in [-0.05, 0) is 6.42 Å². The second-order valence-corrected chi connectivity index (χ2v) is 15.7. The van der Waals surface area contributed by atoms with Gasteiger partial charge in [0.1, 0.15) is 0 Å². The fourth-order valence-electron chi connectivity index (χ4n) is 5.27. The molecule has 0 amide bonds. The molecule has 81 heavy (non-hydrogen) atoms. The summed E-state index contributed by atoms with van der Waals surface area (Å²) in [5.74, 6) is 0. The van der Waals surface area contributed by atoms with Gasteiger partial charge in [-0.2, -0.15) is 0 Å². The van der Waals surface area contributed by atoms with Gasteiger partial charge in [-0.3, -0.25) is 0 Å². The van der Waals surface area contributed by atoms with Gasteiger partial charge in [-0.25, -0.2) is 0 Å². The smallest absolute Gasteiger partial charge is 0.0163 e. The van der Waals surface area contributed by atoms with Gasteiger partial charge in [-0.1, -0.05) is 486 Å². The molecule has 1 aliphatic rings. The largest absolute Gasteiger partial charge is 0.0807 e. The lowest BCUT2D eigenvalue weighted by atomic mass is 10.3. The molecule has 0 heteroatoms. The van der Waals surface area contributed by atoms with E-state index in [1.54, 1.807) is 0 Å². The maximum Gasteiger partial charge on any atom is -0.0163 e. The fraction of sp³-hybridized carbons (Fsp3) is 0.0123. The van der Waals surface area contributed by atoms with E-state index in [4.69, 9.17) is 0 Å². The Labute approximate surface area is 489 Å². The molecule has 0 bridgehead atoms. The Morgan fingerprint density at radius 3 is 0.173 bits per heavy atom. The van der Waals surface area contributed by atoms with E-state index in [1.165, 1.54) is 0 Å². The summed E-state index contributed by atoms with van der Waals surface area (Å²) in [6, 6.07) is 0. The van der Waals surface area contributed by atoms with Gasteiger partial charge < -0.3 is 0 Å². The third-order valence-electron chi connectivity index (χ3n) is 9.10. The van der Waals surface area contributed by atoms with E-state index in [1.807, 2.05) is 462 Å². The summed E-state index contributed by atoms with van der Waals surface area (Å²) in [4.78, 5) is 0. The Morgan fingerprint density at radius 2 is 0.111 bits per heavy atom. The van der Waals surface area contributed by atoms with Crippen molar-refractivity contribution in [2.75, 3.05) is 0 Å². The molecule has 0 aliphatic heterocycles. The second kappa shape index (κ2) is 65.7. The predicted molar refractivity (Wildman–Crippen MR) is 370 cm³/mol. The molecule has 0 atom stereocenters. The average molecular weight is 1060 g/mol. The maximum atomic E-state index is 2.12. The van der Waals surface area contributed by atoms with Crippen LogP contribution in [0.4, 0.5) is 0 Å². The normalized spacial score (nSPS) is 16.1. The van der Waals surface area contributed by atoms with Crippen molar-refractivity contribution in [3.63, 3.8) is 0 Å². The molecule has 0 N–H and O–H groups in total. The minimum absolute atomic E-state index is 0.879. The fourth-order valence-corrected chi connectivity index (χ4v) is 5.27. The topological polar surface area (TPSA) is 0 Å². The van der Waals surface area contributed by atoms with Crippen LogP contribution in [0, 0.1) is 0 Å². The molecule has 0 aromatic heterocycles. The molecular weight excluding hydrogens is 973 g/mol. The van der Waals surface area contributed by atoms with Crippen molar-refractivity contribution in [2.45, 2.75) is 6.42 Å². The van der Waals surface area contributed by atoms with Crippen LogP contribution in [0.5, 0.6) is 0 Å². The summed E-state index contributed by atoms with van der Waals surface area (Å²) in [6.07, 6.45) is 162. The molecule has 0 saturated heterocycles. The van der Waals surface area contributed by atoms with E-state index in [2.05, 4.69) is 24.3 Å². The zero-order chi connectivity index (χ0) is 57.3. The highest BCUT2D eigenvalue weighted by Gasteiger charge is 1.73. The van der Waals surface area contributed by atoms with Crippen molar-refractivity contribution >= 4 is 0 Å². The van der Waals surface area contributed by atoms with Gasteiger partial charge in [0, 0.05) is 0 Å². The highest BCUT2D eigenvalue weighted by molar-refractivity contribution is 5.29. The first-order chi connectivity index (χ1) is 40.5. The molecule has 0 heterocycles. The van der Waals surface area contributed by atoms with Crippen LogP contribution < -0.4 is 0 Å². The third-order valence-corrected chi connectivity index (χ3v) is 9.10. The van der Waals surface area contributed by atoms with Gasteiger partial charge in [-0.15, -0.1) is 0 Å². The number of allylic oxidation sites excluding steroid dienone is 80. The van der Waals surface area contributed by atoms with Crippen LogP contribution in [-0.4, -0.2) is 0 Å². The lowest BCUT2D eigenvalue weighted by Crippen LogP contribution is -1.58. The van der Waals surface area contributed by atoms with Gasteiger partial charge in [0.2, 0.25) is 0 Å². The summed E-state index contributed by atoms with van der Waals surface area (Å²) in [5, 5.41) is 0. The summed E-state index contributed by atoms with van der Waals surface area (Å²) in [7, 11) is 0. The predicted octanol–water partition coefficient (Wildman–Crippen LogP) is 22.6. The van der Waals surface area contributed by atoms with E-state index in [0.29, 0.717) is 0 Å². The lowest BCUT2D eigenvalue weighted by Gasteiger charge is -1.79. The van der Waals surface area contributed by atoms with E-state index in [9.17, 15) is 0 Å². The van der Waals surface area contributed by atoms with Crippen LogP contribution in [0.25, 0.3) is 0 Å². The van der Waals surface area contributed by atoms with E-state index < -0.39 is 0 Å². The Morgan fingerprint density at radius 1 is 0.0617 bits per heavy atom. The molecule has 0 saturated carbocycles. The average Bonchev–Trinajstić information content (AvgIpc) is 3.47.